The minimum absolute atomic E-state index is 0.0211. The van der Waals surface area contributed by atoms with Gasteiger partial charge in [-0.1, -0.05) is 36.7 Å². The highest BCUT2D eigenvalue weighted by molar-refractivity contribution is 8.00. The molecule has 1 amide bonds. The molecule has 1 N–H and O–H groups in total. The first-order chi connectivity index (χ1) is 12.1. The van der Waals surface area contributed by atoms with E-state index < -0.39 is 0 Å². The highest BCUT2D eigenvalue weighted by Crippen LogP contribution is 2.38. The molecule has 132 valence electrons. The van der Waals surface area contributed by atoms with Gasteiger partial charge in [0.1, 0.15) is 0 Å². The Kier molecular flexibility index (Phi) is 6.37. The molecule has 1 aromatic heterocycles. The third-order valence-electron chi connectivity index (χ3n) is 4.05. The summed E-state index contributed by atoms with van der Waals surface area (Å²) in [5.74, 6) is 0.290. The number of para-hydroxylation sites is 1. The van der Waals surface area contributed by atoms with E-state index in [1.54, 1.807) is 0 Å². The summed E-state index contributed by atoms with van der Waals surface area (Å²) in [7, 11) is 0. The van der Waals surface area contributed by atoms with E-state index >= 15 is 0 Å². The van der Waals surface area contributed by atoms with Gasteiger partial charge in [0.15, 0.2) is 5.16 Å². The third kappa shape index (κ3) is 5.47. The first kappa shape index (κ1) is 18.3. The Morgan fingerprint density at radius 3 is 2.56 bits per heavy atom. The predicted octanol–water partition coefficient (Wildman–Crippen LogP) is 4.86. The van der Waals surface area contributed by atoms with Crippen molar-refractivity contribution in [3.05, 3.63) is 41.7 Å². The number of benzene rings is 1. The van der Waals surface area contributed by atoms with Crippen LogP contribution in [0.1, 0.15) is 37.1 Å². The van der Waals surface area contributed by atoms with Gasteiger partial charge < -0.3 is 5.32 Å². The van der Waals surface area contributed by atoms with E-state index in [0.29, 0.717) is 16.2 Å². The summed E-state index contributed by atoms with van der Waals surface area (Å²) < 4.78 is 0. The quantitative estimate of drug-likeness (QED) is 0.579. The van der Waals surface area contributed by atoms with Crippen molar-refractivity contribution < 1.29 is 4.79 Å². The number of hydrogen-bond acceptors (Lipinski definition) is 5. The van der Waals surface area contributed by atoms with Gasteiger partial charge in [-0.25, -0.2) is 9.97 Å². The molecule has 0 radical (unpaired) electrons. The molecule has 2 aromatic rings. The molecular formula is C19H23N3OS2. The maximum atomic E-state index is 12.3. The number of rotatable bonds is 6. The fourth-order valence-electron chi connectivity index (χ4n) is 2.93. The van der Waals surface area contributed by atoms with Gasteiger partial charge in [0.05, 0.1) is 11.4 Å². The summed E-state index contributed by atoms with van der Waals surface area (Å²) in [5, 5.41) is 4.38. The van der Waals surface area contributed by atoms with E-state index in [9.17, 15) is 4.79 Å². The lowest BCUT2D eigenvalue weighted by Gasteiger charge is -2.14. The van der Waals surface area contributed by atoms with Crippen molar-refractivity contribution in [2.24, 2.45) is 0 Å². The van der Waals surface area contributed by atoms with Gasteiger partial charge in [0.25, 0.3) is 0 Å². The molecule has 3 rings (SSSR count). The van der Waals surface area contributed by atoms with Gasteiger partial charge in [-0.05, 0) is 44.9 Å². The predicted molar refractivity (Wildman–Crippen MR) is 105 cm³/mol. The normalized spacial score (nSPS) is 14.6. The van der Waals surface area contributed by atoms with E-state index in [0.717, 1.165) is 22.0 Å². The number of carbonyl (C=O) groups excluding carboxylic acids is 1. The molecule has 0 unspecified atom stereocenters. The van der Waals surface area contributed by atoms with Gasteiger partial charge in [-0.2, -0.15) is 0 Å². The monoisotopic (exact) mass is 373 g/mol. The minimum Gasteiger partial charge on any atom is -0.324 e. The second kappa shape index (κ2) is 8.72. The van der Waals surface area contributed by atoms with Gasteiger partial charge >= 0.3 is 0 Å². The van der Waals surface area contributed by atoms with Crippen molar-refractivity contribution in [1.82, 2.24) is 9.97 Å². The Morgan fingerprint density at radius 1 is 1.16 bits per heavy atom. The number of aromatic nitrogens is 2. The molecule has 1 aromatic carbocycles. The molecule has 25 heavy (non-hydrogen) atoms. The molecule has 0 saturated heterocycles. The summed E-state index contributed by atoms with van der Waals surface area (Å²) in [6, 6.07) is 10.0. The molecule has 6 heteroatoms. The van der Waals surface area contributed by atoms with Crippen LogP contribution >= 0.6 is 23.5 Å². The van der Waals surface area contributed by atoms with Crippen molar-refractivity contribution in [2.45, 2.75) is 54.8 Å². The largest absolute Gasteiger partial charge is 0.324 e. The van der Waals surface area contributed by atoms with E-state index in [2.05, 4.69) is 21.4 Å². The van der Waals surface area contributed by atoms with Gasteiger partial charge in [-0.3, -0.25) is 4.79 Å². The molecule has 1 aliphatic carbocycles. The number of aryl methyl sites for hydroxylation is 2. The zero-order valence-corrected chi connectivity index (χ0v) is 16.3. The molecule has 1 heterocycles. The van der Waals surface area contributed by atoms with Crippen LogP contribution in [-0.2, 0) is 4.79 Å². The van der Waals surface area contributed by atoms with Crippen LogP contribution in [0.25, 0.3) is 0 Å². The Labute approximate surface area is 157 Å². The Bertz CT molecular complexity index is 725. The highest BCUT2D eigenvalue weighted by Gasteiger charge is 2.18. The summed E-state index contributed by atoms with van der Waals surface area (Å²) in [4.78, 5) is 22.2. The maximum absolute atomic E-state index is 12.3. The molecular weight excluding hydrogens is 350 g/mol. The second-order valence-electron chi connectivity index (χ2n) is 6.29. The SMILES string of the molecule is Cc1cc(C)nc(SCC(=O)Nc2ccccc2SC2CCCC2)n1. The van der Waals surface area contributed by atoms with Crippen LogP contribution < -0.4 is 5.32 Å². The molecule has 1 aliphatic rings. The van der Waals surface area contributed by atoms with Crippen LogP contribution in [0.3, 0.4) is 0 Å². The van der Waals surface area contributed by atoms with Crippen molar-refractivity contribution in [3.63, 3.8) is 0 Å². The number of nitrogens with zero attached hydrogens (tertiary/aromatic N) is 2. The average molecular weight is 374 g/mol. The number of thioether (sulfide) groups is 2. The van der Waals surface area contributed by atoms with Crippen molar-refractivity contribution >= 4 is 35.1 Å². The summed E-state index contributed by atoms with van der Waals surface area (Å²) in [6.07, 6.45) is 5.18. The summed E-state index contributed by atoms with van der Waals surface area (Å²) >= 11 is 3.27. The van der Waals surface area contributed by atoms with Crippen molar-refractivity contribution in [1.29, 1.82) is 0 Å². The molecule has 1 saturated carbocycles. The zero-order chi connectivity index (χ0) is 17.6. The number of anilines is 1. The number of nitrogens with one attached hydrogen (secondary N) is 1. The minimum atomic E-state index is -0.0211. The Morgan fingerprint density at radius 2 is 1.84 bits per heavy atom. The summed E-state index contributed by atoms with van der Waals surface area (Å²) in [5.41, 5.74) is 2.76. The van der Waals surface area contributed by atoms with E-state index in [1.807, 2.05) is 49.9 Å². The molecule has 4 nitrogen and oxygen atoms in total. The van der Waals surface area contributed by atoms with E-state index in [1.165, 1.54) is 37.4 Å². The Balaban J connectivity index is 1.59. The number of amides is 1. The fourth-order valence-corrected chi connectivity index (χ4v) is 5.01. The third-order valence-corrected chi connectivity index (χ3v) is 6.31. The van der Waals surface area contributed by atoms with E-state index in [4.69, 9.17) is 0 Å². The van der Waals surface area contributed by atoms with Gasteiger partial charge in [0, 0.05) is 21.5 Å². The molecule has 0 aliphatic heterocycles. The smallest absolute Gasteiger partial charge is 0.234 e. The van der Waals surface area contributed by atoms with Gasteiger partial charge in [0.2, 0.25) is 5.91 Å². The van der Waals surface area contributed by atoms with Crippen LogP contribution in [-0.4, -0.2) is 26.9 Å². The first-order valence-electron chi connectivity index (χ1n) is 8.61. The molecule has 1 fully saturated rings. The lowest BCUT2D eigenvalue weighted by Crippen LogP contribution is -2.15. The number of hydrogen-bond donors (Lipinski definition) is 1. The van der Waals surface area contributed by atoms with Crippen LogP contribution in [0.15, 0.2) is 40.4 Å². The number of carbonyl (C=O) groups is 1. The van der Waals surface area contributed by atoms with Crippen LogP contribution in [0, 0.1) is 13.8 Å². The molecule has 0 bridgehead atoms. The lowest BCUT2D eigenvalue weighted by molar-refractivity contribution is -0.113. The summed E-state index contributed by atoms with van der Waals surface area (Å²) in [6.45, 7) is 3.88. The highest BCUT2D eigenvalue weighted by atomic mass is 32.2. The average Bonchev–Trinajstić information content (AvgIpc) is 3.07. The topological polar surface area (TPSA) is 54.9 Å². The van der Waals surface area contributed by atoms with E-state index in [-0.39, 0.29) is 5.91 Å². The van der Waals surface area contributed by atoms with Gasteiger partial charge in [-0.15, -0.1) is 11.8 Å². The maximum Gasteiger partial charge on any atom is 0.234 e. The van der Waals surface area contributed by atoms with Crippen LogP contribution in [0.5, 0.6) is 0 Å². The first-order valence-corrected chi connectivity index (χ1v) is 10.5. The molecule has 0 spiro atoms. The second-order valence-corrected chi connectivity index (χ2v) is 8.58. The Hall–Kier alpha value is -1.53. The van der Waals surface area contributed by atoms with Crippen molar-refractivity contribution in [3.8, 4) is 0 Å². The lowest BCUT2D eigenvalue weighted by atomic mass is 10.3. The van der Waals surface area contributed by atoms with Crippen LogP contribution in [0.4, 0.5) is 5.69 Å². The van der Waals surface area contributed by atoms with Crippen LogP contribution in [0.2, 0.25) is 0 Å². The molecule has 0 atom stereocenters. The zero-order valence-electron chi connectivity index (χ0n) is 14.6. The standard InChI is InChI=1S/C19H23N3OS2/c1-13-11-14(2)21-19(20-13)24-12-18(23)22-16-9-5-6-10-17(16)25-15-7-3-4-8-15/h5-6,9-11,15H,3-4,7-8,12H2,1-2H3,(H,22,23). The fraction of sp³-hybridized carbons (Fsp3) is 0.421. The van der Waals surface area contributed by atoms with Crippen molar-refractivity contribution in [2.75, 3.05) is 11.1 Å².